The van der Waals surface area contributed by atoms with Gasteiger partial charge in [-0.05, 0) is 68.1 Å². The molecule has 0 saturated carbocycles. The van der Waals surface area contributed by atoms with Crippen molar-refractivity contribution in [3.63, 3.8) is 0 Å². The Balaban J connectivity index is 1.42. The highest BCUT2D eigenvalue weighted by Gasteiger charge is 2.15. The molecule has 1 aliphatic heterocycles. The Morgan fingerprint density at radius 3 is 2.21 bits per heavy atom. The monoisotopic (exact) mass is 473 g/mol. The average molecular weight is 474 g/mol. The third-order valence-corrected chi connectivity index (χ3v) is 6.47. The summed E-state index contributed by atoms with van der Waals surface area (Å²) in [7, 11) is -3.85. The molecule has 0 radical (unpaired) electrons. The predicted molar refractivity (Wildman–Crippen MR) is 125 cm³/mol. The number of aromatic nitrogens is 2. The lowest BCUT2D eigenvalue weighted by Gasteiger charge is -2.28. The lowest BCUT2D eigenvalue weighted by Crippen LogP contribution is -2.30. The molecule has 1 aromatic heterocycles. The van der Waals surface area contributed by atoms with E-state index in [2.05, 4.69) is 24.9 Å². The van der Waals surface area contributed by atoms with Crippen LogP contribution >= 0.6 is 0 Å². The number of hydrogen-bond acceptors (Lipinski definition) is 6. The fraction of sp³-hybridized carbons (Fsp3) is 0.304. The molecule has 4 rings (SSSR count). The highest BCUT2D eigenvalue weighted by Crippen LogP contribution is 2.23. The van der Waals surface area contributed by atoms with E-state index >= 15 is 0 Å². The van der Waals surface area contributed by atoms with Crippen molar-refractivity contribution in [2.75, 3.05) is 28.0 Å². The molecule has 2 N–H and O–H groups in total. The third-order valence-electron chi connectivity index (χ3n) is 5.21. The van der Waals surface area contributed by atoms with Gasteiger partial charge in [-0.25, -0.2) is 22.2 Å². The molecule has 0 amide bonds. The third kappa shape index (κ3) is 6.38. The number of anilines is 4. The largest absolute Gasteiger partial charge is 0.356 e. The maximum Gasteiger partial charge on any atom is 0.236 e. The van der Waals surface area contributed by atoms with Crippen LogP contribution in [0.15, 0.2) is 48.5 Å². The normalized spacial score (nSPS) is 14.2. The minimum Gasteiger partial charge on any atom is -0.356 e. The lowest BCUT2D eigenvalue weighted by molar-refractivity contribution is 0.573. The van der Waals surface area contributed by atoms with E-state index in [4.69, 9.17) is 0 Å². The number of piperidine rings is 1. The first-order valence-electron chi connectivity index (χ1n) is 10.7. The van der Waals surface area contributed by atoms with Gasteiger partial charge >= 0.3 is 0 Å². The van der Waals surface area contributed by atoms with E-state index in [0.29, 0.717) is 23.4 Å². The number of nitrogens with one attached hydrogen (secondary N) is 2. The van der Waals surface area contributed by atoms with Gasteiger partial charge in [0.25, 0.3) is 0 Å². The number of halogens is 2. The smallest absolute Gasteiger partial charge is 0.236 e. The molecule has 2 aromatic carbocycles. The van der Waals surface area contributed by atoms with Gasteiger partial charge in [-0.2, -0.15) is 4.98 Å². The van der Waals surface area contributed by atoms with Gasteiger partial charge < -0.3 is 10.2 Å². The summed E-state index contributed by atoms with van der Waals surface area (Å²) in [5.74, 6) is -0.826. The predicted octanol–water partition coefficient (Wildman–Crippen LogP) is 4.74. The first-order chi connectivity index (χ1) is 15.8. The number of benzene rings is 2. The lowest BCUT2D eigenvalue weighted by atomic mass is 10.1. The molecule has 1 aliphatic rings. The summed E-state index contributed by atoms with van der Waals surface area (Å²) in [4.78, 5) is 11.3. The van der Waals surface area contributed by atoms with Crippen LogP contribution in [0.5, 0.6) is 0 Å². The zero-order valence-electron chi connectivity index (χ0n) is 18.2. The second-order valence-electron chi connectivity index (χ2n) is 8.08. The Kier molecular flexibility index (Phi) is 6.73. The molecule has 174 valence electrons. The molecule has 10 heteroatoms. The van der Waals surface area contributed by atoms with E-state index in [0.717, 1.165) is 49.6 Å². The standard InChI is InChI=1S/C23H25F2N5O2S/c1-16-11-22(30-9-3-2-4-10-30)28-23(26-16)27-20-5-7-21(8-6-20)29-33(31,32)15-17-12-18(24)14-19(25)13-17/h5-8,11-14,29H,2-4,9-10,15H2,1H3,(H,26,27,28). The second kappa shape index (κ2) is 9.70. The fourth-order valence-corrected chi connectivity index (χ4v) is 4.95. The average Bonchev–Trinajstić information content (AvgIpc) is 2.74. The fourth-order valence-electron chi connectivity index (χ4n) is 3.77. The molecule has 0 bridgehead atoms. The molecular formula is C23H25F2N5O2S. The Morgan fingerprint density at radius 1 is 0.909 bits per heavy atom. The minimum atomic E-state index is -3.85. The number of hydrogen-bond donors (Lipinski definition) is 2. The maximum absolute atomic E-state index is 13.3. The van der Waals surface area contributed by atoms with E-state index in [1.54, 1.807) is 24.3 Å². The summed E-state index contributed by atoms with van der Waals surface area (Å²) in [5, 5.41) is 3.16. The molecule has 1 saturated heterocycles. The summed E-state index contributed by atoms with van der Waals surface area (Å²) in [6, 6.07) is 11.2. The zero-order valence-corrected chi connectivity index (χ0v) is 19.0. The van der Waals surface area contributed by atoms with E-state index in [1.807, 2.05) is 13.0 Å². The Labute approximate surface area is 191 Å². The van der Waals surface area contributed by atoms with Crippen LogP contribution in [0.25, 0.3) is 0 Å². The van der Waals surface area contributed by atoms with Gasteiger partial charge in [-0.1, -0.05) is 0 Å². The molecule has 3 aromatic rings. The van der Waals surface area contributed by atoms with E-state index in [1.165, 1.54) is 6.42 Å². The summed E-state index contributed by atoms with van der Waals surface area (Å²) in [5.41, 5.74) is 1.91. The van der Waals surface area contributed by atoms with Crippen molar-refractivity contribution < 1.29 is 17.2 Å². The number of rotatable bonds is 7. The van der Waals surface area contributed by atoms with Crippen molar-refractivity contribution >= 4 is 33.2 Å². The summed E-state index contributed by atoms with van der Waals surface area (Å²) >= 11 is 0. The SMILES string of the molecule is Cc1cc(N2CCCCC2)nc(Nc2ccc(NS(=O)(=O)Cc3cc(F)cc(F)c3)cc2)n1. The van der Waals surface area contributed by atoms with Gasteiger partial charge in [-0.15, -0.1) is 0 Å². The molecule has 7 nitrogen and oxygen atoms in total. The summed E-state index contributed by atoms with van der Waals surface area (Å²) in [6.45, 7) is 3.88. The molecular weight excluding hydrogens is 448 g/mol. The first-order valence-corrected chi connectivity index (χ1v) is 12.3. The van der Waals surface area contributed by atoms with Crippen molar-refractivity contribution in [2.24, 2.45) is 0 Å². The van der Waals surface area contributed by atoms with Crippen LogP contribution in [0.2, 0.25) is 0 Å². The van der Waals surface area contributed by atoms with E-state index < -0.39 is 27.4 Å². The Hall–Kier alpha value is -3.27. The molecule has 0 atom stereocenters. The van der Waals surface area contributed by atoms with Gasteiger partial charge in [0.05, 0.1) is 5.75 Å². The molecule has 0 unspecified atom stereocenters. The van der Waals surface area contributed by atoms with Gasteiger partial charge in [-0.3, -0.25) is 4.72 Å². The molecule has 1 fully saturated rings. The van der Waals surface area contributed by atoms with Crippen molar-refractivity contribution in [1.82, 2.24) is 9.97 Å². The van der Waals surface area contributed by atoms with Crippen LogP contribution in [-0.2, 0) is 15.8 Å². The van der Waals surface area contributed by atoms with Crippen molar-refractivity contribution in [2.45, 2.75) is 31.9 Å². The molecule has 2 heterocycles. The van der Waals surface area contributed by atoms with Crippen molar-refractivity contribution in [3.8, 4) is 0 Å². The van der Waals surface area contributed by atoms with Crippen molar-refractivity contribution in [1.29, 1.82) is 0 Å². The van der Waals surface area contributed by atoms with Crippen LogP contribution in [0.3, 0.4) is 0 Å². The quantitative estimate of drug-likeness (QED) is 0.516. The van der Waals surface area contributed by atoms with Gasteiger partial charge in [0.1, 0.15) is 17.5 Å². The summed E-state index contributed by atoms with van der Waals surface area (Å²) in [6.07, 6.45) is 3.54. The highest BCUT2D eigenvalue weighted by atomic mass is 32.2. The Bertz CT molecular complexity index is 1210. The van der Waals surface area contributed by atoms with Crippen LogP contribution in [0.1, 0.15) is 30.5 Å². The highest BCUT2D eigenvalue weighted by molar-refractivity contribution is 7.91. The maximum atomic E-state index is 13.3. The second-order valence-corrected chi connectivity index (χ2v) is 9.80. The number of sulfonamides is 1. The minimum absolute atomic E-state index is 0.0272. The molecule has 0 aliphatic carbocycles. The van der Waals surface area contributed by atoms with E-state index in [9.17, 15) is 17.2 Å². The summed E-state index contributed by atoms with van der Waals surface area (Å²) < 4.78 is 53.9. The number of aryl methyl sites for hydroxylation is 1. The van der Waals surface area contributed by atoms with Gasteiger partial charge in [0, 0.05) is 42.3 Å². The van der Waals surface area contributed by atoms with Crippen LogP contribution in [0, 0.1) is 18.6 Å². The zero-order chi connectivity index (χ0) is 23.4. The first kappa shape index (κ1) is 22.9. The topological polar surface area (TPSA) is 87.2 Å². The Morgan fingerprint density at radius 2 is 1.55 bits per heavy atom. The van der Waals surface area contributed by atoms with E-state index in [-0.39, 0.29) is 5.56 Å². The van der Waals surface area contributed by atoms with Crippen molar-refractivity contribution in [3.05, 3.63) is 71.4 Å². The van der Waals surface area contributed by atoms with Crippen LogP contribution < -0.4 is 14.9 Å². The van der Waals surface area contributed by atoms with Gasteiger partial charge in [0.2, 0.25) is 16.0 Å². The van der Waals surface area contributed by atoms with Gasteiger partial charge in [0.15, 0.2) is 0 Å². The van der Waals surface area contributed by atoms with Crippen LogP contribution in [0.4, 0.5) is 31.9 Å². The molecule has 33 heavy (non-hydrogen) atoms. The molecule has 0 spiro atoms. The van der Waals surface area contributed by atoms with Crippen LogP contribution in [-0.4, -0.2) is 31.5 Å². The number of nitrogens with zero attached hydrogens (tertiary/aromatic N) is 3.